The molecular formula is C22H25FO2. The first-order chi connectivity index (χ1) is 12.1. The zero-order valence-corrected chi connectivity index (χ0v) is 14.9. The fourth-order valence-corrected chi connectivity index (χ4v) is 2.74. The molecule has 0 saturated heterocycles. The second kappa shape index (κ2) is 9.16. The number of allylic oxidation sites excluding steroid dienone is 1. The van der Waals surface area contributed by atoms with Crippen molar-refractivity contribution < 1.29 is 14.3 Å². The molecule has 0 unspecified atom stereocenters. The Labute approximate surface area is 149 Å². The Bertz CT molecular complexity index is 745. The van der Waals surface area contributed by atoms with Crippen molar-refractivity contribution in [2.24, 2.45) is 0 Å². The zero-order chi connectivity index (χ0) is 18.2. The lowest BCUT2D eigenvalue weighted by Gasteiger charge is -2.10. The molecule has 0 atom stereocenters. The Kier molecular flexibility index (Phi) is 6.93. The molecule has 0 spiro atoms. The largest absolute Gasteiger partial charge is 0.478 e. The molecule has 2 nitrogen and oxygen atoms in total. The summed E-state index contributed by atoms with van der Waals surface area (Å²) in [7, 11) is 0. The zero-order valence-electron chi connectivity index (χ0n) is 14.9. The van der Waals surface area contributed by atoms with Crippen LogP contribution in [0.25, 0.3) is 17.0 Å². The molecule has 3 heteroatoms. The summed E-state index contributed by atoms with van der Waals surface area (Å²) in [6.07, 6.45) is 6.35. The van der Waals surface area contributed by atoms with Crippen LogP contribution in [0.3, 0.4) is 0 Å². The van der Waals surface area contributed by atoms with Crippen LogP contribution in [0.1, 0.15) is 61.0 Å². The molecule has 0 aliphatic carbocycles. The molecule has 1 N–H and O–H groups in total. The Morgan fingerprint density at radius 2 is 1.80 bits per heavy atom. The normalized spacial score (nSPS) is 11.6. The Morgan fingerprint density at radius 1 is 1.08 bits per heavy atom. The van der Waals surface area contributed by atoms with E-state index in [1.807, 2.05) is 31.2 Å². The van der Waals surface area contributed by atoms with Crippen molar-refractivity contribution >= 4 is 11.8 Å². The molecule has 2 aromatic carbocycles. The predicted molar refractivity (Wildman–Crippen MR) is 101 cm³/mol. The van der Waals surface area contributed by atoms with Gasteiger partial charge in [0.1, 0.15) is 5.83 Å². The quantitative estimate of drug-likeness (QED) is 0.595. The molecule has 0 amide bonds. The summed E-state index contributed by atoms with van der Waals surface area (Å²) in [5, 5.41) is 9.46. The summed E-state index contributed by atoms with van der Waals surface area (Å²) < 4.78 is 14.3. The van der Waals surface area contributed by atoms with Crippen LogP contribution in [0.15, 0.2) is 48.5 Å². The van der Waals surface area contributed by atoms with E-state index in [9.17, 15) is 14.3 Å². The standard InChI is InChI=1S/C22H25FO2/c1-3-5-7-16-9-11-17(12-10-16)20-15-18(21(23)8-6-4-2)13-14-19(20)22(24)25/h8-15H,3-7H2,1-2H3,(H,24,25)/b21-8+. The maximum absolute atomic E-state index is 14.3. The van der Waals surface area contributed by atoms with Gasteiger partial charge in [-0.2, -0.15) is 0 Å². The van der Waals surface area contributed by atoms with Gasteiger partial charge in [-0.15, -0.1) is 0 Å². The van der Waals surface area contributed by atoms with Gasteiger partial charge >= 0.3 is 5.97 Å². The first-order valence-corrected chi connectivity index (χ1v) is 8.89. The lowest BCUT2D eigenvalue weighted by Crippen LogP contribution is -2.00. The van der Waals surface area contributed by atoms with Crippen LogP contribution in [0, 0.1) is 0 Å². The van der Waals surface area contributed by atoms with Gasteiger partial charge in [0, 0.05) is 5.56 Å². The number of halogens is 1. The average Bonchev–Trinajstić information content (AvgIpc) is 2.64. The average molecular weight is 340 g/mol. The molecule has 0 fully saturated rings. The van der Waals surface area contributed by atoms with Gasteiger partial charge in [-0.3, -0.25) is 0 Å². The number of aryl methyl sites for hydroxylation is 1. The van der Waals surface area contributed by atoms with E-state index in [1.54, 1.807) is 12.1 Å². The van der Waals surface area contributed by atoms with Gasteiger partial charge in [-0.05, 0) is 54.2 Å². The third-order valence-electron chi connectivity index (χ3n) is 4.22. The van der Waals surface area contributed by atoms with Crippen molar-refractivity contribution in [2.75, 3.05) is 0 Å². The van der Waals surface area contributed by atoms with Gasteiger partial charge in [0.2, 0.25) is 0 Å². The molecule has 0 aliphatic heterocycles. The molecule has 0 saturated carbocycles. The van der Waals surface area contributed by atoms with Crippen molar-refractivity contribution in [1.82, 2.24) is 0 Å². The van der Waals surface area contributed by atoms with E-state index < -0.39 is 5.97 Å². The first-order valence-electron chi connectivity index (χ1n) is 8.89. The van der Waals surface area contributed by atoms with Crippen LogP contribution >= 0.6 is 0 Å². The molecule has 25 heavy (non-hydrogen) atoms. The minimum atomic E-state index is -1.01. The highest BCUT2D eigenvalue weighted by Crippen LogP contribution is 2.29. The van der Waals surface area contributed by atoms with Crippen LogP contribution in [-0.2, 0) is 6.42 Å². The van der Waals surface area contributed by atoms with Gasteiger partial charge in [0.25, 0.3) is 0 Å². The fraction of sp³-hybridized carbons (Fsp3) is 0.318. The number of rotatable bonds is 8. The Hall–Kier alpha value is -2.42. The summed E-state index contributed by atoms with van der Waals surface area (Å²) in [5.41, 5.74) is 3.18. The fourth-order valence-electron chi connectivity index (χ4n) is 2.74. The first kappa shape index (κ1) is 18.9. The Balaban J connectivity index is 2.41. The smallest absolute Gasteiger partial charge is 0.336 e. The van der Waals surface area contributed by atoms with Crippen LogP contribution < -0.4 is 0 Å². The molecule has 0 heterocycles. The summed E-state index contributed by atoms with van der Waals surface area (Å²) in [4.78, 5) is 11.5. The summed E-state index contributed by atoms with van der Waals surface area (Å²) in [5.74, 6) is -1.31. The van der Waals surface area contributed by atoms with Crippen molar-refractivity contribution in [3.8, 4) is 11.1 Å². The SMILES string of the molecule is CCC/C=C(/F)c1ccc(C(=O)O)c(-c2ccc(CCCC)cc2)c1. The highest BCUT2D eigenvalue weighted by Gasteiger charge is 2.14. The molecule has 0 radical (unpaired) electrons. The monoisotopic (exact) mass is 340 g/mol. The molecule has 0 aromatic heterocycles. The number of unbranched alkanes of at least 4 members (excludes halogenated alkanes) is 2. The van der Waals surface area contributed by atoms with E-state index in [2.05, 4.69) is 6.92 Å². The summed E-state index contributed by atoms with van der Waals surface area (Å²) in [6.45, 7) is 4.14. The highest BCUT2D eigenvalue weighted by atomic mass is 19.1. The maximum Gasteiger partial charge on any atom is 0.336 e. The number of aromatic carboxylic acids is 1. The van der Waals surface area contributed by atoms with Gasteiger partial charge in [-0.25, -0.2) is 9.18 Å². The summed E-state index contributed by atoms with van der Waals surface area (Å²) >= 11 is 0. The third-order valence-corrected chi connectivity index (χ3v) is 4.22. The molecular weight excluding hydrogens is 315 g/mol. The topological polar surface area (TPSA) is 37.3 Å². The Morgan fingerprint density at radius 3 is 2.40 bits per heavy atom. The van der Waals surface area contributed by atoms with Crippen molar-refractivity contribution in [1.29, 1.82) is 0 Å². The third kappa shape index (κ3) is 5.02. The number of hydrogen-bond donors (Lipinski definition) is 1. The predicted octanol–water partition coefficient (Wildman–Crippen LogP) is 6.50. The van der Waals surface area contributed by atoms with Gasteiger partial charge in [0.05, 0.1) is 5.56 Å². The van der Waals surface area contributed by atoms with Crippen LogP contribution in [-0.4, -0.2) is 11.1 Å². The number of carbonyl (C=O) groups is 1. The van der Waals surface area contributed by atoms with E-state index in [4.69, 9.17) is 0 Å². The van der Waals surface area contributed by atoms with Crippen molar-refractivity contribution in [2.45, 2.75) is 46.0 Å². The number of carboxylic acids is 1. The molecule has 0 bridgehead atoms. The number of carboxylic acid groups (broad SMARTS) is 1. The van der Waals surface area contributed by atoms with E-state index in [1.165, 1.54) is 17.7 Å². The lowest BCUT2D eigenvalue weighted by molar-refractivity contribution is 0.0697. The van der Waals surface area contributed by atoms with E-state index in [0.717, 1.165) is 31.2 Å². The maximum atomic E-state index is 14.3. The number of hydrogen-bond acceptors (Lipinski definition) is 1. The lowest BCUT2D eigenvalue weighted by atomic mass is 9.95. The van der Waals surface area contributed by atoms with Gasteiger partial charge in [0.15, 0.2) is 0 Å². The van der Waals surface area contributed by atoms with E-state index in [-0.39, 0.29) is 11.4 Å². The highest BCUT2D eigenvalue weighted by molar-refractivity contribution is 5.96. The van der Waals surface area contributed by atoms with E-state index >= 15 is 0 Å². The van der Waals surface area contributed by atoms with Gasteiger partial charge in [-0.1, -0.05) is 57.0 Å². The van der Waals surface area contributed by atoms with E-state index in [0.29, 0.717) is 17.5 Å². The minimum Gasteiger partial charge on any atom is -0.478 e. The molecule has 2 aromatic rings. The van der Waals surface area contributed by atoms with Crippen molar-refractivity contribution in [3.63, 3.8) is 0 Å². The molecule has 0 aliphatic rings. The van der Waals surface area contributed by atoms with Gasteiger partial charge < -0.3 is 5.11 Å². The second-order valence-electron chi connectivity index (χ2n) is 6.21. The summed E-state index contributed by atoms with van der Waals surface area (Å²) in [6, 6.07) is 12.5. The minimum absolute atomic E-state index is 0.188. The molecule has 132 valence electrons. The second-order valence-corrected chi connectivity index (χ2v) is 6.21. The molecule has 2 rings (SSSR count). The van der Waals surface area contributed by atoms with Crippen LogP contribution in [0.2, 0.25) is 0 Å². The van der Waals surface area contributed by atoms with Crippen LogP contribution in [0.4, 0.5) is 4.39 Å². The van der Waals surface area contributed by atoms with Crippen molar-refractivity contribution in [3.05, 3.63) is 65.2 Å². The van der Waals surface area contributed by atoms with Crippen LogP contribution in [0.5, 0.6) is 0 Å². The number of benzene rings is 2.